The Balaban J connectivity index is 2.30. The van der Waals surface area contributed by atoms with Crippen LogP contribution in [-0.4, -0.2) is 10.8 Å². The molecule has 0 fully saturated rings. The number of allylic oxidation sites excluding steroid dienone is 4. The number of thiazole rings is 1. The topological polar surface area (TPSA) is 30.0 Å². The molecule has 0 unspecified atom stereocenters. The van der Waals surface area contributed by atoms with Gasteiger partial charge in [-0.3, -0.25) is 4.79 Å². The first-order valence-electron chi connectivity index (χ1n) is 4.81. The zero-order valence-corrected chi connectivity index (χ0v) is 11.7. The molecule has 5 heteroatoms. The first-order chi connectivity index (χ1) is 7.58. The summed E-state index contributed by atoms with van der Waals surface area (Å²) in [6.07, 6.45) is 5.00. The molecular formula is C11H9BrClNOS. The number of carbonyl (C=O) groups excluding carboxylic acids is 1. The lowest BCUT2D eigenvalue weighted by Gasteiger charge is -2.08. The minimum absolute atomic E-state index is 0.00311. The Kier molecular flexibility index (Phi) is 3.62. The molecular weight excluding hydrogens is 310 g/mol. The number of nitrogens with zero attached hydrogens (tertiary/aromatic N) is 1. The summed E-state index contributed by atoms with van der Waals surface area (Å²) in [5, 5.41) is 1.69. The van der Waals surface area contributed by atoms with Gasteiger partial charge in [0.1, 0.15) is 9.48 Å². The molecule has 0 atom stereocenters. The second-order valence-electron chi connectivity index (χ2n) is 3.49. The number of carbonyl (C=O) groups is 1. The van der Waals surface area contributed by atoms with E-state index in [1.165, 1.54) is 11.3 Å². The second-order valence-corrected chi connectivity index (χ2v) is 6.50. The molecule has 0 amide bonds. The van der Waals surface area contributed by atoms with Crippen LogP contribution in [0.2, 0.25) is 0 Å². The van der Waals surface area contributed by atoms with Crippen molar-refractivity contribution in [3.63, 3.8) is 0 Å². The molecule has 84 valence electrons. The van der Waals surface area contributed by atoms with Gasteiger partial charge in [0, 0.05) is 10.6 Å². The Bertz CT molecular complexity index is 504. The third kappa shape index (κ3) is 2.44. The van der Waals surface area contributed by atoms with Crippen LogP contribution in [0.25, 0.3) is 0 Å². The molecule has 1 heterocycles. The number of hydrogen-bond acceptors (Lipinski definition) is 3. The van der Waals surface area contributed by atoms with Crippen molar-refractivity contribution in [1.82, 2.24) is 4.98 Å². The summed E-state index contributed by atoms with van der Waals surface area (Å²) in [6.45, 7) is 1.89. The van der Waals surface area contributed by atoms with Crippen molar-refractivity contribution in [3.05, 3.63) is 37.2 Å². The molecule has 0 bridgehead atoms. The lowest BCUT2D eigenvalue weighted by Crippen LogP contribution is -2.06. The van der Waals surface area contributed by atoms with Gasteiger partial charge in [-0.25, -0.2) is 4.98 Å². The van der Waals surface area contributed by atoms with Crippen molar-refractivity contribution in [2.75, 3.05) is 0 Å². The molecule has 0 aromatic carbocycles. The molecule has 0 spiro atoms. The third-order valence-electron chi connectivity index (χ3n) is 2.30. The van der Waals surface area contributed by atoms with E-state index >= 15 is 0 Å². The molecule has 0 saturated carbocycles. The van der Waals surface area contributed by atoms with E-state index in [0.29, 0.717) is 12.1 Å². The minimum Gasteiger partial charge on any atom is -0.287 e. The molecule has 1 aliphatic carbocycles. The Hall–Kier alpha value is -0.450. The minimum atomic E-state index is -0.00311. The van der Waals surface area contributed by atoms with Crippen LogP contribution in [0, 0.1) is 6.92 Å². The van der Waals surface area contributed by atoms with Gasteiger partial charge >= 0.3 is 0 Å². The van der Waals surface area contributed by atoms with Crippen molar-refractivity contribution in [2.24, 2.45) is 0 Å². The zero-order chi connectivity index (χ0) is 11.7. The molecule has 0 saturated heterocycles. The van der Waals surface area contributed by atoms with Gasteiger partial charge in [-0.05, 0) is 41.8 Å². The van der Waals surface area contributed by atoms with Crippen LogP contribution in [0.5, 0.6) is 0 Å². The van der Waals surface area contributed by atoms with Crippen molar-refractivity contribution in [3.8, 4) is 0 Å². The van der Waals surface area contributed by atoms with Crippen LogP contribution < -0.4 is 0 Å². The van der Waals surface area contributed by atoms with Gasteiger partial charge in [-0.2, -0.15) is 0 Å². The Morgan fingerprint density at radius 1 is 1.50 bits per heavy atom. The first kappa shape index (κ1) is 12.0. The monoisotopic (exact) mass is 317 g/mol. The third-order valence-corrected chi connectivity index (χ3v) is 4.23. The lowest BCUT2D eigenvalue weighted by molar-refractivity contribution is 0.102. The number of halogens is 2. The van der Waals surface area contributed by atoms with Crippen LogP contribution in [0.4, 0.5) is 0 Å². The van der Waals surface area contributed by atoms with Crippen molar-refractivity contribution >= 4 is 44.7 Å². The fraction of sp³-hybridized carbons (Fsp3) is 0.273. The van der Waals surface area contributed by atoms with Crippen LogP contribution in [0.3, 0.4) is 0 Å². The van der Waals surface area contributed by atoms with Gasteiger partial charge in [0.15, 0.2) is 0 Å². The molecule has 1 aromatic rings. The molecule has 0 radical (unpaired) electrons. The average molecular weight is 319 g/mol. The fourth-order valence-electron chi connectivity index (χ4n) is 1.50. The molecule has 2 rings (SSSR count). The first-order valence-corrected chi connectivity index (χ1v) is 6.79. The summed E-state index contributed by atoms with van der Waals surface area (Å²) in [6, 6.07) is 0. The highest BCUT2D eigenvalue weighted by Gasteiger charge is 2.20. The number of ketones is 1. The lowest BCUT2D eigenvalue weighted by atomic mass is 10.00. The van der Waals surface area contributed by atoms with E-state index < -0.39 is 0 Å². The molecule has 2 nitrogen and oxygen atoms in total. The summed E-state index contributed by atoms with van der Waals surface area (Å²) in [4.78, 5) is 16.3. The van der Waals surface area contributed by atoms with Crippen molar-refractivity contribution in [1.29, 1.82) is 0 Å². The normalized spacial score (nSPS) is 15.7. The average Bonchev–Trinajstić information content (AvgIpc) is 2.58. The summed E-state index contributed by atoms with van der Waals surface area (Å²) < 4.78 is 0.802. The highest BCUT2D eigenvalue weighted by atomic mass is 79.9. The highest BCUT2D eigenvalue weighted by molar-refractivity contribution is 9.11. The standard InChI is InChI=1S/C11H9BrClNOS/c1-6-14-9(11(12)16-6)10(15)7-2-4-8(13)5-3-7/h2,4H,3,5H2,1H3. The number of aromatic nitrogens is 1. The highest BCUT2D eigenvalue weighted by Crippen LogP contribution is 2.29. The molecule has 0 N–H and O–H groups in total. The predicted octanol–water partition coefficient (Wildman–Crippen LogP) is 4.24. The van der Waals surface area contributed by atoms with Gasteiger partial charge in [0.05, 0.1) is 5.01 Å². The molecule has 0 aliphatic heterocycles. The predicted molar refractivity (Wildman–Crippen MR) is 70.1 cm³/mol. The van der Waals surface area contributed by atoms with Crippen molar-refractivity contribution in [2.45, 2.75) is 19.8 Å². The van der Waals surface area contributed by atoms with Crippen LogP contribution in [0.1, 0.15) is 28.3 Å². The van der Waals surface area contributed by atoms with E-state index in [4.69, 9.17) is 11.6 Å². The maximum absolute atomic E-state index is 12.1. The van der Waals surface area contributed by atoms with Crippen LogP contribution >= 0.6 is 38.9 Å². The van der Waals surface area contributed by atoms with Gasteiger partial charge in [-0.1, -0.05) is 17.7 Å². The van der Waals surface area contributed by atoms with Gasteiger partial charge in [0.2, 0.25) is 5.78 Å². The van der Waals surface area contributed by atoms with E-state index in [1.807, 2.05) is 6.92 Å². The Labute approximate surface area is 111 Å². The van der Waals surface area contributed by atoms with E-state index in [0.717, 1.165) is 25.8 Å². The van der Waals surface area contributed by atoms with E-state index in [2.05, 4.69) is 20.9 Å². The summed E-state index contributed by atoms with van der Waals surface area (Å²) >= 11 is 10.7. The SMILES string of the molecule is Cc1nc(C(=O)C2=CC=C(Cl)CC2)c(Br)s1. The van der Waals surface area contributed by atoms with Gasteiger partial charge < -0.3 is 0 Å². The summed E-state index contributed by atoms with van der Waals surface area (Å²) in [5.74, 6) is -0.00311. The summed E-state index contributed by atoms with van der Waals surface area (Å²) in [7, 11) is 0. The number of aryl methyl sites for hydroxylation is 1. The van der Waals surface area contributed by atoms with Crippen LogP contribution in [0.15, 0.2) is 26.5 Å². The zero-order valence-electron chi connectivity index (χ0n) is 8.59. The van der Waals surface area contributed by atoms with E-state index in [9.17, 15) is 4.79 Å². The smallest absolute Gasteiger partial charge is 0.209 e. The summed E-state index contributed by atoms with van der Waals surface area (Å²) in [5.41, 5.74) is 1.29. The maximum atomic E-state index is 12.1. The molecule has 16 heavy (non-hydrogen) atoms. The van der Waals surface area contributed by atoms with E-state index in [1.54, 1.807) is 12.2 Å². The number of rotatable bonds is 2. The number of Topliss-reactive ketones (excluding diaryl/α,β-unsaturated/α-hetero) is 1. The second kappa shape index (κ2) is 4.82. The fourth-order valence-corrected chi connectivity index (χ4v) is 3.26. The molecule has 1 aromatic heterocycles. The Morgan fingerprint density at radius 3 is 2.75 bits per heavy atom. The van der Waals surface area contributed by atoms with Gasteiger partial charge in [0.25, 0.3) is 0 Å². The molecule has 1 aliphatic rings. The van der Waals surface area contributed by atoms with E-state index in [-0.39, 0.29) is 5.78 Å². The Morgan fingerprint density at radius 2 is 2.25 bits per heavy atom. The van der Waals surface area contributed by atoms with Crippen molar-refractivity contribution < 1.29 is 4.79 Å². The maximum Gasteiger partial charge on any atom is 0.209 e. The van der Waals surface area contributed by atoms with Gasteiger partial charge in [-0.15, -0.1) is 11.3 Å². The largest absolute Gasteiger partial charge is 0.287 e. The van der Waals surface area contributed by atoms with Crippen LogP contribution in [-0.2, 0) is 0 Å². The number of hydrogen-bond donors (Lipinski definition) is 0. The quantitative estimate of drug-likeness (QED) is 0.763.